The van der Waals surface area contributed by atoms with Gasteiger partial charge in [-0.2, -0.15) is 16.9 Å². The molecule has 1 atom stereocenters. The molecule has 0 saturated carbocycles. The summed E-state index contributed by atoms with van der Waals surface area (Å²) >= 11 is 1.98. The van der Waals surface area contributed by atoms with Crippen LogP contribution in [0.2, 0.25) is 0 Å². The van der Waals surface area contributed by atoms with Crippen molar-refractivity contribution in [2.24, 2.45) is 0 Å². The molecule has 1 aromatic heterocycles. The fraction of sp³-hybridized carbons (Fsp3) is 0.750. The third-order valence-electron chi connectivity index (χ3n) is 2.14. The minimum Gasteiger partial charge on any atom is -0.379 e. The van der Waals surface area contributed by atoms with E-state index in [1.54, 1.807) is 0 Å². The summed E-state index contributed by atoms with van der Waals surface area (Å²) < 4.78 is 2.27. The van der Waals surface area contributed by atoms with Gasteiger partial charge >= 0.3 is 0 Å². The zero-order chi connectivity index (χ0) is 12.2. The third kappa shape index (κ3) is 4.92. The van der Waals surface area contributed by atoms with Crippen LogP contribution in [0, 0.1) is 0 Å². The normalized spacial score (nSPS) is 13.8. The molecule has 1 N–H and O–H groups in total. The van der Waals surface area contributed by atoms with Crippen LogP contribution in [0.15, 0.2) is 12.4 Å². The van der Waals surface area contributed by atoms with Crippen molar-refractivity contribution in [1.29, 1.82) is 0 Å². The zero-order valence-electron chi connectivity index (χ0n) is 10.9. The molecular formula is C12H23N3S. The Kier molecular flexibility index (Phi) is 4.71. The molecule has 0 spiro atoms. The van der Waals surface area contributed by atoms with E-state index in [0.29, 0.717) is 10.8 Å². The lowest BCUT2D eigenvalue weighted by Gasteiger charge is -2.21. The van der Waals surface area contributed by atoms with E-state index in [1.807, 2.05) is 22.6 Å². The van der Waals surface area contributed by atoms with Gasteiger partial charge in [0.25, 0.3) is 0 Å². The minimum absolute atomic E-state index is 0.337. The predicted molar refractivity (Wildman–Crippen MR) is 73.2 cm³/mol. The molecule has 92 valence electrons. The van der Waals surface area contributed by atoms with Crippen LogP contribution in [0.3, 0.4) is 0 Å². The summed E-state index contributed by atoms with van der Waals surface area (Å²) in [5, 5.41) is 7.71. The molecule has 0 bridgehead atoms. The van der Waals surface area contributed by atoms with Crippen molar-refractivity contribution in [1.82, 2.24) is 9.78 Å². The van der Waals surface area contributed by atoms with Crippen LogP contribution in [0.1, 0.15) is 34.6 Å². The van der Waals surface area contributed by atoms with Gasteiger partial charge < -0.3 is 5.32 Å². The Morgan fingerprint density at radius 1 is 1.50 bits per heavy atom. The van der Waals surface area contributed by atoms with Gasteiger partial charge in [0.2, 0.25) is 0 Å². The average Bonchev–Trinajstić information content (AvgIpc) is 2.61. The van der Waals surface area contributed by atoms with Crippen molar-refractivity contribution in [3.63, 3.8) is 0 Å². The van der Waals surface area contributed by atoms with Crippen LogP contribution in [0.25, 0.3) is 0 Å². The third-order valence-corrected chi connectivity index (χ3v) is 3.67. The standard InChI is InChI=1S/C12H23N3S/c1-6-15-8-11(7-13-15)14-10(2)9-16-12(3,4)5/h7-8,10,14H,6,9H2,1-5H3. The second-order valence-corrected chi connectivity index (χ2v) is 6.90. The molecule has 0 saturated heterocycles. The van der Waals surface area contributed by atoms with Gasteiger partial charge in [0.05, 0.1) is 11.9 Å². The van der Waals surface area contributed by atoms with Crippen LogP contribution >= 0.6 is 11.8 Å². The maximum atomic E-state index is 4.24. The molecule has 1 rings (SSSR count). The largest absolute Gasteiger partial charge is 0.379 e. The Morgan fingerprint density at radius 2 is 2.19 bits per heavy atom. The second-order valence-electron chi connectivity index (χ2n) is 5.05. The van der Waals surface area contributed by atoms with Crippen molar-refractivity contribution in [3.05, 3.63) is 12.4 Å². The highest BCUT2D eigenvalue weighted by atomic mass is 32.2. The van der Waals surface area contributed by atoms with Crippen LogP contribution in [0.5, 0.6) is 0 Å². The maximum Gasteiger partial charge on any atom is 0.0728 e. The van der Waals surface area contributed by atoms with E-state index in [-0.39, 0.29) is 0 Å². The predicted octanol–water partition coefficient (Wildman–Crippen LogP) is 3.24. The number of aromatic nitrogens is 2. The first kappa shape index (κ1) is 13.4. The zero-order valence-corrected chi connectivity index (χ0v) is 11.8. The number of thioether (sulfide) groups is 1. The van der Waals surface area contributed by atoms with Gasteiger partial charge in [0, 0.05) is 29.3 Å². The number of nitrogens with one attached hydrogen (secondary N) is 1. The number of hydrogen-bond donors (Lipinski definition) is 1. The summed E-state index contributed by atoms with van der Waals surface area (Å²) in [6, 6.07) is 0.471. The first-order valence-electron chi connectivity index (χ1n) is 5.83. The van der Waals surface area contributed by atoms with E-state index in [1.165, 1.54) is 0 Å². The van der Waals surface area contributed by atoms with Crippen LogP contribution in [-0.2, 0) is 6.54 Å². The quantitative estimate of drug-likeness (QED) is 0.858. The average molecular weight is 241 g/mol. The number of aryl methyl sites for hydroxylation is 1. The molecule has 16 heavy (non-hydrogen) atoms. The Hall–Kier alpha value is -0.640. The second kappa shape index (κ2) is 5.62. The lowest BCUT2D eigenvalue weighted by molar-refractivity contribution is 0.660. The molecule has 0 aromatic carbocycles. The molecular weight excluding hydrogens is 218 g/mol. The molecule has 0 aliphatic rings. The molecule has 0 fully saturated rings. The fourth-order valence-electron chi connectivity index (χ4n) is 1.31. The lowest BCUT2D eigenvalue weighted by atomic mass is 10.3. The first-order chi connectivity index (χ1) is 7.40. The highest BCUT2D eigenvalue weighted by molar-refractivity contribution is 8.00. The van der Waals surface area contributed by atoms with Crippen molar-refractivity contribution in [3.8, 4) is 0 Å². The Morgan fingerprint density at radius 3 is 2.69 bits per heavy atom. The maximum absolute atomic E-state index is 4.24. The van der Waals surface area contributed by atoms with Gasteiger partial charge in [-0.05, 0) is 13.8 Å². The fourth-order valence-corrected chi connectivity index (χ4v) is 2.15. The minimum atomic E-state index is 0.337. The number of rotatable bonds is 5. The Labute approximate surface area is 103 Å². The molecule has 4 heteroatoms. The van der Waals surface area contributed by atoms with Gasteiger partial charge in [-0.15, -0.1) is 0 Å². The number of nitrogens with zero attached hydrogens (tertiary/aromatic N) is 2. The van der Waals surface area contributed by atoms with E-state index in [2.05, 4.69) is 51.2 Å². The smallest absolute Gasteiger partial charge is 0.0728 e. The van der Waals surface area contributed by atoms with Crippen LogP contribution < -0.4 is 5.32 Å². The summed E-state index contributed by atoms with van der Waals surface area (Å²) in [7, 11) is 0. The molecule has 1 aromatic rings. The number of anilines is 1. The van der Waals surface area contributed by atoms with Gasteiger partial charge in [-0.1, -0.05) is 20.8 Å². The summed E-state index contributed by atoms with van der Waals surface area (Å²) in [5.74, 6) is 1.11. The van der Waals surface area contributed by atoms with Crippen LogP contribution in [-0.4, -0.2) is 26.3 Å². The van der Waals surface area contributed by atoms with Crippen molar-refractivity contribution in [2.75, 3.05) is 11.1 Å². The molecule has 0 aliphatic heterocycles. The van der Waals surface area contributed by atoms with Gasteiger partial charge in [-0.3, -0.25) is 4.68 Å². The summed E-state index contributed by atoms with van der Waals surface area (Å²) in [6.07, 6.45) is 3.94. The van der Waals surface area contributed by atoms with E-state index in [9.17, 15) is 0 Å². The van der Waals surface area contributed by atoms with Crippen LogP contribution in [0.4, 0.5) is 5.69 Å². The van der Waals surface area contributed by atoms with E-state index in [0.717, 1.165) is 18.0 Å². The molecule has 0 amide bonds. The topological polar surface area (TPSA) is 29.9 Å². The van der Waals surface area contributed by atoms with Crippen molar-refractivity contribution >= 4 is 17.4 Å². The molecule has 3 nitrogen and oxygen atoms in total. The summed E-state index contributed by atoms with van der Waals surface area (Å²) in [6.45, 7) is 12.0. The SMILES string of the molecule is CCn1cc(NC(C)CSC(C)(C)C)cn1. The summed E-state index contributed by atoms with van der Waals surface area (Å²) in [4.78, 5) is 0. The van der Waals surface area contributed by atoms with Gasteiger partial charge in [-0.25, -0.2) is 0 Å². The monoisotopic (exact) mass is 241 g/mol. The van der Waals surface area contributed by atoms with Gasteiger partial charge in [0.1, 0.15) is 0 Å². The highest BCUT2D eigenvalue weighted by Crippen LogP contribution is 2.24. The highest BCUT2D eigenvalue weighted by Gasteiger charge is 2.13. The first-order valence-corrected chi connectivity index (χ1v) is 6.82. The van der Waals surface area contributed by atoms with Crippen molar-refractivity contribution in [2.45, 2.75) is 52.0 Å². The van der Waals surface area contributed by atoms with E-state index < -0.39 is 0 Å². The molecule has 0 radical (unpaired) electrons. The molecule has 1 heterocycles. The molecule has 0 aliphatic carbocycles. The molecule has 1 unspecified atom stereocenters. The lowest BCUT2D eigenvalue weighted by Crippen LogP contribution is -2.21. The Balaban J connectivity index is 2.36. The van der Waals surface area contributed by atoms with E-state index >= 15 is 0 Å². The Bertz CT molecular complexity index is 314. The van der Waals surface area contributed by atoms with E-state index in [4.69, 9.17) is 0 Å². The van der Waals surface area contributed by atoms with Crippen molar-refractivity contribution < 1.29 is 0 Å². The summed E-state index contributed by atoms with van der Waals surface area (Å²) in [5.41, 5.74) is 1.11. The van der Waals surface area contributed by atoms with Gasteiger partial charge in [0.15, 0.2) is 0 Å². The number of hydrogen-bond acceptors (Lipinski definition) is 3.